The predicted molar refractivity (Wildman–Crippen MR) is 95.6 cm³/mol. The molecule has 3 aromatic rings. The topological polar surface area (TPSA) is 64.3 Å². The number of Topliss-reactive ketones (excluding diaryl/α,β-unsaturated/α-hetero) is 1. The molecule has 0 bridgehead atoms. The molecule has 1 atom stereocenters. The van der Waals surface area contributed by atoms with Gasteiger partial charge in [-0.05, 0) is 19.1 Å². The Bertz CT molecular complexity index is 843. The van der Waals surface area contributed by atoms with Crippen molar-refractivity contribution in [2.75, 3.05) is 6.61 Å². The van der Waals surface area contributed by atoms with Crippen molar-refractivity contribution in [2.45, 2.75) is 19.6 Å². The van der Waals surface area contributed by atoms with Crippen LogP contribution in [-0.4, -0.2) is 33.2 Å². The van der Waals surface area contributed by atoms with Crippen molar-refractivity contribution in [1.29, 1.82) is 0 Å². The third-order valence-corrected chi connectivity index (χ3v) is 3.82. The highest BCUT2D eigenvalue weighted by Gasteiger charge is 2.11. The smallest absolute Gasteiger partial charge is 0.163 e. The average Bonchev–Trinajstić information content (AvgIpc) is 3.09. The van der Waals surface area contributed by atoms with Crippen molar-refractivity contribution >= 4 is 5.78 Å². The number of ketones is 1. The lowest BCUT2D eigenvalue weighted by Crippen LogP contribution is -2.23. The minimum absolute atomic E-state index is 0.0628. The fourth-order valence-corrected chi connectivity index (χ4v) is 2.58. The van der Waals surface area contributed by atoms with E-state index in [9.17, 15) is 9.90 Å². The maximum Gasteiger partial charge on any atom is 0.163 e. The molecular formula is C20H20N2O3. The number of carbonyl (C=O) groups excluding carboxylic acids is 1. The summed E-state index contributed by atoms with van der Waals surface area (Å²) in [6.45, 7) is 1.96. The van der Waals surface area contributed by atoms with Gasteiger partial charge in [-0.3, -0.25) is 4.79 Å². The molecule has 0 unspecified atom stereocenters. The zero-order chi connectivity index (χ0) is 17.6. The molecule has 128 valence electrons. The lowest BCUT2D eigenvalue weighted by Gasteiger charge is -2.14. The van der Waals surface area contributed by atoms with E-state index in [2.05, 4.69) is 4.98 Å². The van der Waals surface area contributed by atoms with Gasteiger partial charge in [-0.2, -0.15) is 0 Å². The van der Waals surface area contributed by atoms with E-state index in [-0.39, 0.29) is 12.4 Å². The van der Waals surface area contributed by atoms with E-state index < -0.39 is 6.10 Å². The molecular weight excluding hydrogens is 316 g/mol. The summed E-state index contributed by atoms with van der Waals surface area (Å²) in [5.74, 6) is 0.428. The first-order valence-electron chi connectivity index (χ1n) is 8.11. The zero-order valence-corrected chi connectivity index (χ0v) is 14.0. The Balaban J connectivity index is 1.59. The Kier molecular flexibility index (Phi) is 5.26. The van der Waals surface area contributed by atoms with Gasteiger partial charge in [-0.1, -0.05) is 42.5 Å². The van der Waals surface area contributed by atoms with Gasteiger partial charge in [0.1, 0.15) is 18.5 Å². The number of hydrogen-bond donors (Lipinski definition) is 1. The van der Waals surface area contributed by atoms with Crippen LogP contribution in [0.1, 0.15) is 17.3 Å². The standard InChI is InChI=1S/C20H20N2O3/c1-15(23)18-9-5-6-10-20(18)25-13-17(24)11-22-12-19(21-14-22)16-7-3-2-4-8-16/h2-10,12,14,17,24H,11,13H2,1H3/t17-/m1/s1. The molecule has 0 radical (unpaired) electrons. The molecule has 1 heterocycles. The minimum Gasteiger partial charge on any atom is -0.490 e. The number of nitrogens with zero attached hydrogens (tertiary/aromatic N) is 2. The molecule has 0 saturated carbocycles. The molecule has 25 heavy (non-hydrogen) atoms. The first kappa shape index (κ1) is 16.9. The van der Waals surface area contributed by atoms with Gasteiger partial charge in [0.05, 0.1) is 24.1 Å². The molecule has 0 aliphatic heterocycles. The molecule has 0 fully saturated rings. The molecule has 0 amide bonds. The molecule has 5 heteroatoms. The molecule has 0 saturated heterocycles. The van der Waals surface area contributed by atoms with Crippen molar-refractivity contribution in [3.63, 3.8) is 0 Å². The molecule has 5 nitrogen and oxygen atoms in total. The van der Waals surface area contributed by atoms with E-state index in [1.807, 2.05) is 41.1 Å². The highest BCUT2D eigenvalue weighted by atomic mass is 16.5. The van der Waals surface area contributed by atoms with E-state index in [1.54, 1.807) is 30.6 Å². The second-order valence-corrected chi connectivity index (χ2v) is 5.84. The molecule has 0 spiro atoms. The molecule has 1 aromatic heterocycles. The second-order valence-electron chi connectivity index (χ2n) is 5.84. The third kappa shape index (κ3) is 4.33. The fourth-order valence-electron chi connectivity index (χ4n) is 2.58. The van der Waals surface area contributed by atoms with Gasteiger partial charge in [-0.15, -0.1) is 0 Å². The maximum absolute atomic E-state index is 11.6. The first-order valence-corrected chi connectivity index (χ1v) is 8.11. The Labute approximate surface area is 146 Å². The molecule has 3 rings (SSSR count). The highest BCUT2D eigenvalue weighted by Crippen LogP contribution is 2.19. The molecule has 0 aliphatic rings. The molecule has 1 N–H and O–H groups in total. The monoisotopic (exact) mass is 336 g/mol. The lowest BCUT2D eigenvalue weighted by atomic mass is 10.1. The number of benzene rings is 2. The number of para-hydroxylation sites is 1. The van der Waals surface area contributed by atoms with E-state index in [1.165, 1.54) is 6.92 Å². The number of ether oxygens (including phenoxy) is 1. The quantitative estimate of drug-likeness (QED) is 0.673. The van der Waals surface area contributed by atoms with Crippen molar-refractivity contribution in [3.05, 3.63) is 72.7 Å². The van der Waals surface area contributed by atoms with Crippen LogP contribution in [-0.2, 0) is 6.54 Å². The number of rotatable bonds is 7. The van der Waals surface area contributed by atoms with Crippen LogP contribution in [0.5, 0.6) is 5.75 Å². The van der Waals surface area contributed by atoms with Crippen LogP contribution in [0.15, 0.2) is 67.1 Å². The highest BCUT2D eigenvalue weighted by molar-refractivity contribution is 5.96. The lowest BCUT2D eigenvalue weighted by molar-refractivity contribution is 0.0897. The maximum atomic E-state index is 11.6. The Morgan fingerprint density at radius 2 is 1.88 bits per heavy atom. The largest absolute Gasteiger partial charge is 0.490 e. The van der Waals surface area contributed by atoms with Gasteiger partial charge < -0.3 is 14.4 Å². The van der Waals surface area contributed by atoms with Crippen LogP contribution in [0, 0.1) is 0 Å². The summed E-state index contributed by atoms with van der Waals surface area (Å²) in [5, 5.41) is 10.2. The van der Waals surface area contributed by atoms with Crippen molar-refractivity contribution < 1.29 is 14.6 Å². The van der Waals surface area contributed by atoms with Gasteiger partial charge in [0.15, 0.2) is 5.78 Å². The van der Waals surface area contributed by atoms with Crippen LogP contribution < -0.4 is 4.74 Å². The van der Waals surface area contributed by atoms with Gasteiger partial charge in [0.2, 0.25) is 0 Å². The number of imidazole rings is 1. The summed E-state index contributed by atoms with van der Waals surface area (Å²) in [6.07, 6.45) is 2.87. The Hall–Kier alpha value is -2.92. The second kappa shape index (κ2) is 7.77. The number of carbonyl (C=O) groups is 1. The Morgan fingerprint density at radius 1 is 1.16 bits per heavy atom. The average molecular weight is 336 g/mol. The van der Waals surface area contributed by atoms with Gasteiger partial charge in [0, 0.05) is 11.8 Å². The van der Waals surface area contributed by atoms with Gasteiger partial charge in [-0.25, -0.2) is 4.98 Å². The summed E-state index contributed by atoms with van der Waals surface area (Å²) in [6, 6.07) is 16.9. The Morgan fingerprint density at radius 3 is 2.64 bits per heavy atom. The van der Waals surface area contributed by atoms with Crippen LogP contribution in [0.3, 0.4) is 0 Å². The van der Waals surface area contributed by atoms with Gasteiger partial charge >= 0.3 is 0 Å². The number of aliphatic hydroxyl groups excluding tert-OH is 1. The summed E-state index contributed by atoms with van der Waals surface area (Å²) < 4.78 is 7.45. The van der Waals surface area contributed by atoms with Crippen LogP contribution in [0.2, 0.25) is 0 Å². The van der Waals surface area contributed by atoms with E-state index in [0.717, 1.165) is 11.3 Å². The zero-order valence-electron chi connectivity index (χ0n) is 14.0. The number of aromatic nitrogens is 2. The molecule has 2 aromatic carbocycles. The predicted octanol–water partition coefficient (Wildman–Crippen LogP) is 3.19. The van der Waals surface area contributed by atoms with Crippen molar-refractivity contribution in [2.24, 2.45) is 0 Å². The van der Waals surface area contributed by atoms with E-state index in [4.69, 9.17) is 4.74 Å². The molecule has 0 aliphatic carbocycles. The number of hydrogen-bond acceptors (Lipinski definition) is 4. The minimum atomic E-state index is -0.710. The summed E-state index contributed by atoms with van der Waals surface area (Å²) in [4.78, 5) is 15.9. The summed E-state index contributed by atoms with van der Waals surface area (Å²) in [5.41, 5.74) is 2.40. The normalized spacial score (nSPS) is 11.9. The SMILES string of the molecule is CC(=O)c1ccccc1OC[C@H](O)Cn1cnc(-c2ccccc2)c1. The first-order chi connectivity index (χ1) is 12.1. The van der Waals surface area contributed by atoms with Crippen LogP contribution in [0.25, 0.3) is 11.3 Å². The fraction of sp³-hybridized carbons (Fsp3) is 0.200. The summed E-state index contributed by atoms with van der Waals surface area (Å²) >= 11 is 0. The summed E-state index contributed by atoms with van der Waals surface area (Å²) in [7, 11) is 0. The number of aliphatic hydroxyl groups is 1. The third-order valence-electron chi connectivity index (χ3n) is 3.82. The van der Waals surface area contributed by atoms with Gasteiger partial charge in [0.25, 0.3) is 0 Å². The van der Waals surface area contributed by atoms with Crippen LogP contribution in [0.4, 0.5) is 0 Å². The van der Waals surface area contributed by atoms with Crippen molar-refractivity contribution in [3.8, 4) is 17.0 Å². The van der Waals surface area contributed by atoms with E-state index >= 15 is 0 Å². The van der Waals surface area contributed by atoms with Crippen LogP contribution >= 0.6 is 0 Å². The van der Waals surface area contributed by atoms with Crippen molar-refractivity contribution in [1.82, 2.24) is 9.55 Å². The van der Waals surface area contributed by atoms with E-state index in [0.29, 0.717) is 17.9 Å².